The third kappa shape index (κ3) is 2.69. The highest BCUT2D eigenvalue weighted by atomic mass is 16.5. The van der Waals surface area contributed by atoms with Gasteiger partial charge in [-0.15, -0.1) is 0 Å². The summed E-state index contributed by atoms with van der Waals surface area (Å²) in [4.78, 5) is 28.6. The average Bonchev–Trinajstić information content (AvgIpc) is 3.18. The first-order valence-electron chi connectivity index (χ1n) is 7.74. The predicted molar refractivity (Wildman–Crippen MR) is 89.0 cm³/mol. The Morgan fingerprint density at radius 1 is 1.12 bits per heavy atom. The Bertz CT molecular complexity index is 1090. The zero-order valence-electron chi connectivity index (χ0n) is 13.3. The molecule has 2 aromatic carbocycles. The van der Waals surface area contributed by atoms with Gasteiger partial charge in [0.25, 0.3) is 0 Å². The topological polar surface area (TPSA) is 87.5 Å². The van der Waals surface area contributed by atoms with E-state index in [1.165, 1.54) is 4.57 Å². The standard InChI is InChI=1S/C18H14N2O5/c1-11(20-13-7-3-5-9-15(13)25-18(20)22)17(21)23-10-16-19-12-6-2-4-8-14(12)24-16/h2-9,11H,10H2,1H3. The van der Waals surface area contributed by atoms with Gasteiger partial charge in [-0.25, -0.2) is 14.6 Å². The summed E-state index contributed by atoms with van der Waals surface area (Å²) in [5.74, 6) is -0.880. The Balaban J connectivity index is 1.54. The highest BCUT2D eigenvalue weighted by Gasteiger charge is 2.23. The lowest BCUT2D eigenvalue weighted by atomic mass is 10.3. The van der Waals surface area contributed by atoms with E-state index in [9.17, 15) is 9.59 Å². The fraction of sp³-hybridized carbons (Fsp3) is 0.167. The van der Waals surface area contributed by atoms with Crippen molar-refractivity contribution < 1.29 is 18.4 Å². The van der Waals surface area contributed by atoms with Crippen molar-refractivity contribution in [2.75, 3.05) is 0 Å². The van der Waals surface area contributed by atoms with Gasteiger partial charge in [0, 0.05) is 0 Å². The van der Waals surface area contributed by atoms with Crippen molar-refractivity contribution in [3.8, 4) is 0 Å². The van der Waals surface area contributed by atoms with Crippen molar-refractivity contribution in [1.29, 1.82) is 0 Å². The van der Waals surface area contributed by atoms with Crippen LogP contribution >= 0.6 is 0 Å². The minimum absolute atomic E-state index is 0.109. The van der Waals surface area contributed by atoms with E-state index >= 15 is 0 Å². The van der Waals surface area contributed by atoms with Crippen LogP contribution in [0, 0.1) is 0 Å². The molecule has 4 rings (SSSR count). The SMILES string of the molecule is CC(C(=O)OCc1nc2ccccc2o1)n1c(=O)oc2ccccc21. The van der Waals surface area contributed by atoms with Crippen molar-refractivity contribution in [1.82, 2.24) is 9.55 Å². The van der Waals surface area contributed by atoms with Crippen LogP contribution in [0.3, 0.4) is 0 Å². The molecule has 7 nitrogen and oxygen atoms in total. The van der Waals surface area contributed by atoms with Gasteiger partial charge in [-0.2, -0.15) is 0 Å². The van der Waals surface area contributed by atoms with E-state index in [2.05, 4.69) is 4.98 Å². The molecule has 4 aromatic rings. The molecule has 0 amide bonds. The fourth-order valence-electron chi connectivity index (χ4n) is 2.69. The highest BCUT2D eigenvalue weighted by Crippen LogP contribution is 2.19. The summed E-state index contributed by atoms with van der Waals surface area (Å²) < 4.78 is 17.2. The second-order valence-electron chi connectivity index (χ2n) is 5.56. The first kappa shape index (κ1) is 15.2. The molecule has 0 aliphatic rings. The van der Waals surface area contributed by atoms with E-state index in [-0.39, 0.29) is 6.61 Å². The van der Waals surface area contributed by atoms with Crippen LogP contribution < -0.4 is 5.76 Å². The number of benzene rings is 2. The molecular weight excluding hydrogens is 324 g/mol. The number of aromatic nitrogens is 2. The molecule has 0 aliphatic carbocycles. The molecule has 0 saturated heterocycles. The van der Waals surface area contributed by atoms with Gasteiger partial charge in [0.1, 0.15) is 11.6 Å². The van der Waals surface area contributed by atoms with Crippen molar-refractivity contribution in [3.63, 3.8) is 0 Å². The average molecular weight is 338 g/mol. The van der Waals surface area contributed by atoms with Gasteiger partial charge in [-0.3, -0.25) is 4.57 Å². The van der Waals surface area contributed by atoms with Crippen LogP contribution in [0.4, 0.5) is 0 Å². The fourth-order valence-corrected chi connectivity index (χ4v) is 2.69. The summed E-state index contributed by atoms with van der Waals surface area (Å²) in [5.41, 5.74) is 2.28. The number of nitrogens with zero attached hydrogens (tertiary/aromatic N) is 2. The lowest BCUT2D eigenvalue weighted by Gasteiger charge is -2.11. The number of carbonyl (C=O) groups excluding carboxylic acids is 1. The van der Waals surface area contributed by atoms with E-state index in [0.29, 0.717) is 28.1 Å². The van der Waals surface area contributed by atoms with Crippen LogP contribution in [0.5, 0.6) is 0 Å². The van der Waals surface area contributed by atoms with Crippen molar-refractivity contribution in [2.24, 2.45) is 0 Å². The van der Waals surface area contributed by atoms with Gasteiger partial charge in [-0.05, 0) is 31.2 Å². The third-order valence-electron chi connectivity index (χ3n) is 3.92. The molecule has 1 atom stereocenters. The Hall–Kier alpha value is -3.35. The molecular formula is C18H14N2O5. The van der Waals surface area contributed by atoms with Crippen molar-refractivity contribution in [3.05, 3.63) is 65.0 Å². The number of fused-ring (bicyclic) bond motifs is 2. The first-order valence-corrected chi connectivity index (χ1v) is 7.74. The molecule has 0 N–H and O–H groups in total. The van der Waals surface area contributed by atoms with E-state index in [1.54, 1.807) is 37.3 Å². The molecule has 0 spiro atoms. The van der Waals surface area contributed by atoms with Crippen LogP contribution in [0.25, 0.3) is 22.2 Å². The number of carbonyl (C=O) groups is 1. The van der Waals surface area contributed by atoms with E-state index in [1.807, 2.05) is 18.2 Å². The second-order valence-corrected chi connectivity index (χ2v) is 5.56. The van der Waals surface area contributed by atoms with Crippen LogP contribution in [-0.4, -0.2) is 15.5 Å². The molecule has 2 heterocycles. The molecule has 0 radical (unpaired) electrons. The number of hydrogen-bond acceptors (Lipinski definition) is 6. The molecule has 126 valence electrons. The Morgan fingerprint density at radius 2 is 1.84 bits per heavy atom. The van der Waals surface area contributed by atoms with Gasteiger partial charge < -0.3 is 13.6 Å². The third-order valence-corrected chi connectivity index (χ3v) is 3.92. The summed E-state index contributed by atoms with van der Waals surface area (Å²) in [7, 11) is 0. The van der Waals surface area contributed by atoms with Crippen molar-refractivity contribution >= 4 is 28.2 Å². The summed E-state index contributed by atoms with van der Waals surface area (Å²) in [6.07, 6.45) is 0. The number of hydrogen-bond donors (Lipinski definition) is 0. The van der Waals surface area contributed by atoms with Crippen LogP contribution in [-0.2, 0) is 16.1 Å². The predicted octanol–water partition coefficient (Wildman–Crippen LogP) is 3.04. The maximum atomic E-state index is 12.3. The summed E-state index contributed by atoms with van der Waals surface area (Å²) in [6, 6.07) is 13.4. The summed E-state index contributed by atoms with van der Waals surface area (Å²) in [6.45, 7) is 1.47. The minimum atomic E-state index is -0.833. The van der Waals surface area contributed by atoms with E-state index in [4.69, 9.17) is 13.6 Å². The van der Waals surface area contributed by atoms with Gasteiger partial charge in [0.05, 0.1) is 5.52 Å². The zero-order valence-corrected chi connectivity index (χ0v) is 13.3. The Kier molecular flexibility index (Phi) is 3.61. The number of oxazole rings is 2. The van der Waals surface area contributed by atoms with Crippen molar-refractivity contribution in [2.45, 2.75) is 19.6 Å². The van der Waals surface area contributed by atoms with E-state index in [0.717, 1.165) is 0 Å². The van der Waals surface area contributed by atoms with Gasteiger partial charge in [0.2, 0.25) is 5.89 Å². The number of ether oxygens (including phenoxy) is 1. The smallest absolute Gasteiger partial charge is 0.420 e. The molecule has 25 heavy (non-hydrogen) atoms. The maximum absolute atomic E-state index is 12.3. The Morgan fingerprint density at radius 3 is 2.64 bits per heavy atom. The largest absolute Gasteiger partial charge is 0.454 e. The molecule has 2 aromatic heterocycles. The minimum Gasteiger partial charge on any atom is -0.454 e. The van der Waals surface area contributed by atoms with Crippen LogP contribution in [0.15, 0.2) is 62.2 Å². The maximum Gasteiger partial charge on any atom is 0.420 e. The lowest BCUT2D eigenvalue weighted by molar-refractivity contribution is -0.149. The van der Waals surface area contributed by atoms with Crippen LogP contribution in [0.1, 0.15) is 18.9 Å². The molecule has 0 saturated carbocycles. The van der Waals surface area contributed by atoms with Gasteiger partial charge in [-0.1, -0.05) is 24.3 Å². The number of para-hydroxylation sites is 4. The number of esters is 1. The molecule has 7 heteroatoms. The number of rotatable bonds is 4. The van der Waals surface area contributed by atoms with Gasteiger partial charge in [0.15, 0.2) is 17.8 Å². The monoisotopic (exact) mass is 338 g/mol. The van der Waals surface area contributed by atoms with Crippen LogP contribution in [0.2, 0.25) is 0 Å². The highest BCUT2D eigenvalue weighted by molar-refractivity contribution is 5.79. The normalized spacial score (nSPS) is 12.5. The Labute approximate surface area is 141 Å². The first-order chi connectivity index (χ1) is 12.1. The summed E-state index contributed by atoms with van der Waals surface area (Å²) in [5, 5.41) is 0. The zero-order chi connectivity index (χ0) is 17.4. The second kappa shape index (κ2) is 5.94. The molecule has 0 bridgehead atoms. The van der Waals surface area contributed by atoms with Gasteiger partial charge >= 0.3 is 11.7 Å². The quantitative estimate of drug-likeness (QED) is 0.532. The summed E-state index contributed by atoms with van der Waals surface area (Å²) >= 11 is 0. The molecule has 1 unspecified atom stereocenters. The molecule has 0 fully saturated rings. The molecule has 0 aliphatic heterocycles. The lowest BCUT2D eigenvalue weighted by Crippen LogP contribution is -2.26. The van der Waals surface area contributed by atoms with E-state index < -0.39 is 17.8 Å².